The van der Waals surface area contributed by atoms with Crippen LogP contribution in [0.15, 0.2) is 24.3 Å². The van der Waals surface area contributed by atoms with Crippen LogP contribution in [0, 0.1) is 5.82 Å². The van der Waals surface area contributed by atoms with Crippen molar-refractivity contribution < 1.29 is 9.18 Å². The summed E-state index contributed by atoms with van der Waals surface area (Å²) in [6.45, 7) is 6.40. The first-order chi connectivity index (χ1) is 9.20. The molecule has 0 fully saturated rings. The summed E-state index contributed by atoms with van der Waals surface area (Å²) < 4.78 is 12.9. The lowest BCUT2D eigenvalue weighted by molar-refractivity contribution is -0.135. The summed E-state index contributed by atoms with van der Waals surface area (Å²) >= 11 is 4.87. The minimum Gasteiger partial charge on any atom is -0.393 e. The molecule has 0 radical (unpaired) electrons. The predicted molar refractivity (Wildman–Crippen MR) is 83.0 cm³/mol. The number of hydrogen-bond donors (Lipinski definition) is 1. The molecule has 5 heteroatoms. The quantitative estimate of drug-likeness (QED) is 0.850. The van der Waals surface area contributed by atoms with Crippen molar-refractivity contribution in [2.75, 3.05) is 6.54 Å². The first-order valence-corrected chi connectivity index (χ1v) is 6.94. The number of halogens is 1. The van der Waals surface area contributed by atoms with E-state index >= 15 is 0 Å². The number of benzene rings is 1. The molecule has 0 spiro atoms. The van der Waals surface area contributed by atoms with Crippen LogP contribution in [0.5, 0.6) is 0 Å². The molecule has 1 amide bonds. The van der Waals surface area contributed by atoms with Gasteiger partial charge in [-0.3, -0.25) is 4.79 Å². The van der Waals surface area contributed by atoms with Crippen LogP contribution >= 0.6 is 12.2 Å². The highest BCUT2D eigenvalue weighted by molar-refractivity contribution is 7.80. The van der Waals surface area contributed by atoms with Gasteiger partial charge in [-0.2, -0.15) is 0 Å². The van der Waals surface area contributed by atoms with E-state index in [-0.39, 0.29) is 23.7 Å². The molecule has 0 saturated heterocycles. The molecule has 0 unspecified atom stereocenters. The molecule has 0 bridgehead atoms. The van der Waals surface area contributed by atoms with Gasteiger partial charge in [-0.15, -0.1) is 0 Å². The largest absolute Gasteiger partial charge is 0.393 e. The van der Waals surface area contributed by atoms with Crippen molar-refractivity contribution in [2.45, 2.75) is 39.2 Å². The van der Waals surface area contributed by atoms with Crippen LogP contribution in [0.25, 0.3) is 0 Å². The monoisotopic (exact) mass is 296 g/mol. The van der Waals surface area contributed by atoms with Gasteiger partial charge in [0.25, 0.3) is 0 Å². The van der Waals surface area contributed by atoms with Crippen LogP contribution in [0.2, 0.25) is 0 Å². The summed E-state index contributed by atoms with van der Waals surface area (Å²) in [6, 6.07) is 5.97. The standard InChI is InChI=1S/C15H21FN2OS/c1-15(2,3)18(9-8-13(17)20)14(19)10-11-4-6-12(16)7-5-11/h4-7H,8-10H2,1-3H3,(H2,17,20). The van der Waals surface area contributed by atoms with Crippen LogP contribution in [0.1, 0.15) is 32.8 Å². The number of hydrogen-bond acceptors (Lipinski definition) is 2. The van der Waals surface area contributed by atoms with Crippen LogP contribution in [-0.2, 0) is 11.2 Å². The highest BCUT2D eigenvalue weighted by Crippen LogP contribution is 2.16. The van der Waals surface area contributed by atoms with Gasteiger partial charge in [-0.25, -0.2) is 4.39 Å². The van der Waals surface area contributed by atoms with Crippen molar-refractivity contribution in [3.63, 3.8) is 0 Å². The van der Waals surface area contributed by atoms with Crippen molar-refractivity contribution in [1.82, 2.24) is 4.90 Å². The van der Waals surface area contributed by atoms with E-state index in [1.54, 1.807) is 17.0 Å². The SMILES string of the molecule is CC(C)(C)N(CCC(N)=S)C(=O)Cc1ccc(F)cc1. The first kappa shape index (κ1) is 16.6. The third-order valence-electron chi connectivity index (χ3n) is 2.96. The summed E-state index contributed by atoms with van der Waals surface area (Å²) in [7, 11) is 0. The Morgan fingerprint density at radius 1 is 1.30 bits per heavy atom. The van der Waals surface area contributed by atoms with E-state index in [1.165, 1.54) is 12.1 Å². The molecule has 110 valence electrons. The summed E-state index contributed by atoms with van der Waals surface area (Å²) in [6.07, 6.45) is 0.747. The van der Waals surface area contributed by atoms with Gasteiger partial charge in [0.1, 0.15) is 5.82 Å². The van der Waals surface area contributed by atoms with E-state index < -0.39 is 0 Å². The van der Waals surface area contributed by atoms with E-state index in [4.69, 9.17) is 18.0 Å². The normalized spacial score (nSPS) is 11.2. The summed E-state index contributed by atoms with van der Waals surface area (Å²) in [4.78, 5) is 14.6. The maximum absolute atomic E-state index is 12.9. The Balaban J connectivity index is 2.77. The van der Waals surface area contributed by atoms with Gasteiger partial charge in [-0.05, 0) is 38.5 Å². The molecule has 2 N–H and O–H groups in total. The van der Waals surface area contributed by atoms with E-state index in [9.17, 15) is 9.18 Å². The van der Waals surface area contributed by atoms with Crippen molar-refractivity contribution in [3.8, 4) is 0 Å². The van der Waals surface area contributed by atoms with Gasteiger partial charge >= 0.3 is 0 Å². The molecule has 1 rings (SSSR count). The highest BCUT2D eigenvalue weighted by Gasteiger charge is 2.26. The van der Waals surface area contributed by atoms with Gasteiger partial charge < -0.3 is 10.6 Å². The smallest absolute Gasteiger partial charge is 0.227 e. The fourth-order valence-corrected chi connectivity index (χ4v) is 2.02. The molecular weight excluding hydrogens is 275 g/mol. The molecular formula is C15H21FN2OS. The fraction of sp³-hybridized carbons (Fsp3) is 0.467. The third kappa shape index (κ3) is 5.25. The van der Waals surface area contributed by atoms with Crippen LogP contribution < -0.4 is 5.73 Å². The molecule has 0 heterocycles. The Morgan fingerprint density at radius 3 is 2.30 bits per heavy atom. The van der Waals surface area contributed by atoms with Crippen LogP contribution in [0.4, 0.5) is 4.39 Å². The molecule has 0 saturated carbocycles. The Morgan fingerprint density at radius 2 is 1.85 bits per heavy atom. The highest BCUT2D eigenvalue weighted by atomic mass is 32.1. The molecule has 0 aromatic heterocycles. The van der Waals surface area contributed by atoms with E-state index in [0.717, 1.165) is 5.56 Å². The zero-order chi connectivity index (χ0) is 15.3. The number of carbonyl (C=O) groups excluding carboxylic acids is 1. The summed E-state index contributed by atoms with van der Waals surface area (Å²) in [5.74, 6) is -0.317. The maximum Gasteiger partial charge on any atom is 0.227 e. The fourth-order valence-electron chi connectivity index (χ4n) is 1.93. The van der Waals surface area contributed by atoms with E-state index in [0.29, 0.717) is 18.0 Å². The molecule has 1 aromatic carbocycles. The van der Waals surface area contributed by atoms with Gasteiger partial charge in [0.05, 0.1) is 11.4 Å². The second-order valence-corrected chi connectivity index (χ2v) is 6.26. The van der Waals surface area contributed by atoms with Crippen LogP contribution in [-0.4, -0.2) is 27.9 Å². The minimum atomic E-state index is -0.304. The number of thiocarbonyl (C=S) groups is 1. The van der Waals surface area contributed by atoms with Gasteiger partial charge in [-0.1, -0.05) is 24.4 Å². The second kappa shape index (κ2) is 6.79. The lowest BCUT2D eigenvalue weighted by Gasteiger charge is -2.36. The number of nitrogens with zero attached hydrogens (tertiary/aromatic N) is 1. The number of rotatable bonds is 5. The Hall–Kier alpha value is -1.49. The van der Waals surface area contributed by atoms with E-state index in [2.05, 4.69) is 0 Å². The zero-order valence-electron chi connectivity index (χ0n) is 12.1. The van der Waals surface area contributed by atoms with Crippen molar-refractivity contribution >= 4 is 23.1 Å². The van der Waals surface area contributed by atoms with Crippen LogP contribution in [0.3, 0.4) is 0 Å². The molecule has 3 nitrogen and oxygen atoms in total. The van der Waals surface area contributed by atoms with Crippen molar-refractivity contribution in [1.29, 1.82) is 0 Å². The third-order valence-corrected chi connectivity index (χ3v) is 3.17. The average molecular weight is 296 g/mol. The maximum atomic E-state index is 12.9. The number of amides is 1. The van der Waals surface area contributed by atoms with Gasteiger partial charge in [0, 0.05) is 18.5 Å². The van der Waals surface area contributed by atoms with Crippen molar-refractivity contribution in [3.05, 3.63) is 35.6 Å². The Kier molecular flexibility index (Phi) is 5.62. The Labute approximate surface area is 125 Å². The first-order valence-electron chi connectivity index (χ1n) is 6.53. The Bertz CT molecular complexity index is 480. The predicted octanol–water partition coefficient (Wildman–Crippen LogP) is 2.67. The van der Waals surface area contributed by atoms with Gasteiger partial charge in [0.2, 0.25) is 5.91 Å². The molecule has 1 aromatic rings. The van der Waals surface area contributed by atoms with Gasteiger partial charge in [0.15, 0.2) is 0 Å². The number of nitrogens with two attached hydrogens (primary N) is 1. The average Bonchev–Trinajstić information content (AvgIpc) is 2.30. The molecule has 20 heavy (non-hydrogen) atoms. The second-order valence-electron chi connectivity index (χ2n) is 5.74. The molecule has 0 aliphatic carbocycles. The zero-order valence-corrected chi connectivity index (χ0v) is 13.0. The molecule has 0 atom stereocenters. The lowest BCUT2D eigenvalue weighted by Crippen LogP contribution is -2.47. The topological polar surface area (TPSA) is 46.3 Å². The lowest BCUT2D eigenvalue weighted by atomic mass is 10.0. The van der Waals surface area contributed by atoms with Crippen molar-refractivity contribution in [2.24, 2.45) is 5.73 Å². The molecule has 0 aliphatic heterocycles. The number of carbonyl (C=O) groups is 1. The minimum absolute atomic E-state index is 0.0136. The molecule has 0 aliphatic rings. The summed E-state index contributed by atoms with van der Waals surface area (Å²) in [5.41, 5.74) is 5.99. The van der Waals surface area contributed by atoms with E-state index in [1.807, 2.05) is 20.8 Å². The summed E-state index contributed by atoms with van der Waals surface area (Å²) in [5, 5.41) is 0.